The van der Waals surface area contributed by atoms with Crippen molar-refractivity contribution in [1.29, 1.82) is 0 Å². The fourth-order valence-electron chi connectivity index (χ4n) is 1.77. The monoisotopic (exact) mass is 317 g/mol. The number of methoxy groups -OCH3 is 1. The number of rotatable bonds is 5. The Kier molecular flexibility index (Phi) is 4.99. The number of likely N-dealkylation sites (N-methyl/N-ethyl adjacent to an activating group) is 1. The molecule has 0 aliphatic heterocycles. The van der Waals surface area contributed by atoms with Gasteiger partial charge in [0.2, 0.25) is 5.88 Å². The van der Waals surface area contributed by atoms with Gasteiger partial charge in [0.25, 0.3) is 0 Å². The molecule has 1 N–H and O–H groups in total. The first-order chi connectivity index (χ1) is 9.13. The van der Waals surface area contributed by atoms with Gasteiger partial charge in [-0.1, -0.05) is 23.2 Å². The molecule has 1 unspecified atom stereocenters. The minimum absolute atomic E-state index is 0.0517. The Labute approximate surface area is 125 Å². The molecule has 0 spiro atoms. The number of thiophene rings is 1. The van der Waals surface area contributed by atoms with Gasteiger partial charge in [-0.15, -0.1) is 11.3 Å². The predicted octanol–water partition coefficient (Wildman–Crippen LogP) is 3.36. The average molecular weight is 318 g/mol. The van der Waals surface area contributed by atoms with Gasteiger partial charge in [0, 0.05) is 29.8 Å². The highest BCUT2D eigenvalue weighted by molar-refractivity contribution is 7.20. The van der Waals surface area contributed by atoms with Crippen LogP contribution >= 0.6 is 34.5 Å². The van der Waals surface area contributed by atoms with Gasteiger partial charge < -0.3 is 10.1 Å². The Morgan fingerprint density at radius 2 is 2.16 bits per heavy atom. The van der Waals surface area contributed by atoms with E-state index >= 15 is 0 Å². The lowest BCUT2D eigenvalue weighted by Gasteiger charge is -2.15. The third-order valence-electron chi connectivity index (χ3n) is 2.73. The second kappa shape index (κ2) is 6.52. The van der Waals surface area contributed by atoms with Gasteiger partial charge in [0.1, 0.15) is 6.33 Å². The van der Waals surface area contributed by atoms with Crippen LogP contribution in [-0.4, -0.2) is 24.1 Å². The lowest BCUT2D eigenvalue weighted by Crippen LogP contribution is -2.19. The molecule has 2 heterocycles. The molecule has 2 aromatic rings. The third kappa shape index (κ3) is 3.57. The smallest absolute Gasteiger partial charge is 0.216 e. The maximum Gasteiger partial charge on any atom is 0.216 e. The van der Waals surface area contributed by atoms with Gasteiger partial charge >= 0.3 is 0 Å². The zero-order valence-electron chi connectivity index (χ0n) is 10.5. The Morgan fingerprint density at radius 1 is 1.37 bits per heavy atom. The minimum Gasteiger partial charge on any atom is -0.481 e. The molecule has 0 saturated carbocycles. The summed E-state index contributed by atoms with van der Waals surface area (Å²) in [5, 5.41) is 3.22. The van der Waals surface area contributed by atoms with Crippen LogP contribution in [0.3, 0.4) is 0 Å². The van der Waals surface area contributed by atoms with E-state index in [1.54, 1.807) is 7.11 Å². The van der Waals surface area contributed by atoms with E-state index in [4.69, 9.17) is 27.9 Å². The summed E-state index contributed by atoms with van der Waals surface area (Å²) in [4.78, 5) is 8.22. The van der Waals surface area contributed by atoms with E-state index in [-0.39, 0.29) is 6.04 Å². The van der Waals surface area contributed by atoms with Crippen LogP contribution in [0.15, 0.2) is 18.5 Å². The van der Waals surface area contributed by atoms with Gasteiger partial charge in [-0.2, -0.15) is 0 Å². The highest BCUT2D eigenvalue weighted by atomic mass is 35.5. The molecule has 0 amide bonds. The van der Waals surface area contributed by atoms with E-state index in [2.05, 4.69) is 15.3 Å². The van der Waals surface area contributed by atoms with Crippen molar-refractivity contribution in [3.63, 3.8) is 0 Å². The lowest BCUT2D eigenvalue weighted by atomic mass is 10.1. The van der Waals surface area contributed by atoms with Crippen LogP contribution in [0.5, 0.6) is 5.88 Å². The van der Waals surface area contributed by atoms with Crippen LogP contribution in [0.1, 0.15) is 17.3 Å². The summed E-state index contributed by atoms with van der Waals surface area (Å²) in [5.74, 6) is 0.550. The van der Waals surface area contributed by atoms with Gasteiger partial charge in [-0.25, -0.2) is 9.97 Å². The van der Waals surface area contributed by atoms with Crippen LogP contribution in [0, 0.1) is 0 Å². The first kappa shape index (κ1) is 14.5. The first-order valence-corrected chi connectivity index (χ1v) is 7.18. The van der Waals surface area contributed by atoms with E-state index in [1.807, 2.05) is 19.2 Å². The van der Waals surface area contributed by atoms with Gasteiger partial charge in [-0.3, -0.25) is 0 Å². The summed E-state index contributed by atoms with van der Waals surface area (Å²) in [7, 11) is 3.46. The predicted molar refractivity (Wildman–Crippen MR) is 78.4 cm³/mol. The number of halogens is 2. The highest BCUT2D eigenvalue weighted by Gasteiger charge is 2.17. The van der Waals surface area contributed by atoms with Crippen molar-refractivity contribution < 1.29 is 4.74 Å². The molecular formula is C12H13Cl2N3OS. The van der Waals surface area contributed by atoms with E-state index in [0.717, 1.165) is 11.3 Å². The standard InChI is InChI=1S/C12H13Cl2N3OS/c1-15-9(8-5-10(13)19-12(8)14)3-7-4-11(18-2)17-6-16-7/h4-6,9,15H,3H2,1-2H3. The van der Waals surface area contributed by atoms with Crippen molar-refractivity contribution >= 4 is 34.5 Å². The van der Waals surface area contributed by atoms with Gasteiger partial charge in [-0.05, 0) is 13.1 Å². The van der Waals surface area contributed by atoms with Crippen molar-refractivity contribution in [3.05, 3.63) is 38.4 Å². The van der Waals surface area contributed by atoms with Crippen LogP contribution < -0.4 is 10.1 Å². The Morgan fingerprint density at radius 3 is 2.74 bits per heavy atom. The SMILES string of the molecule is CNC(Cc1cc(OC)ncn1)c1cc(Cl)sc1Cl. The lowest BCUT2D eigenvalue weighted by molar-refractivity contribution is 0.395. The Balaban J connectivity index is 2.21. The number of aromatic nitrogens is 2. The largest absolute Gasteiger partial charge is 0.481 e. The summed E-state index contributed by atoms with van der Waals surface area (Å²) in [6.45, 7) is 0. The molecule has 2 aromatic heterocycles. The fourth-order valence-corrected chi connectivity index (χ4v) is 3.35. The molecule has 1 atom stereocenters. The van der Waals surface area contributed by atoms with Crippen LogP contribution in [-0.2, 0) is 6.42 Å². The summed E-state index contributed by atoms with van der Waals surface area (Å²) >= 11 is 13.5. The molecular weight excluding hydrogens is 305 g/mol. The summed E-state index contributed by atoms with van der Waals surface area (Å²) in [5.41, 5.74) is 1.86. The molecule has 0 fully saturated rings. The number of nitrogens with one attached hydrogen (secondary N) is 1. The second-order valence-electron chi connectivity index (χ2n) is 3.88. The van der Waals surface area contributed by atoms with E-state index in [9.17, 15) is 0 Å². The molecule has 0 aliphatic carbocycles. The molecule has 0 saturated heterocycles. The Hall–Kier alpha value is -0.880. The quantitative estimate of drug-likeness (QED) is 0.918. The van der Waals surface area contributed by atoms with E-state index in [1.165, 1.54) is 17.7 Å². The van der Waals surface area contributed by atoms with Crippen molar-refractivity contribution in [3.8, 4) is 5.88 Å². The van der Waals surface area contributed by atoms with Gasteiger partial charge in [0.15, 0.2) is 0 Å². The van der Waals surface area contributed by atoms with Crippen molar-refractivity contribution in [2.75, 3.05) is 14.2 Å². The van der Waals surface area contributed by atoms with Crippen molar-refractivity contribution in [2.45, 2.75) is 12.5 Å². The van der Waals surface area contributed by atoms with Crippen molar-refractivity contribution in [1.82, 2.24) is 15.3 Å². The third-order valence-corrected chi connectivity index (χ3v) is 4.25. The Bertz CT molecular complexity index is 562. The topological polar surface area (TPSA) is 47.0 Å². The molecule has 0 bridgehead atoms. The molecule has 7 heteroatoms. The molecule has 0 aliphatic rings. The summed E-state index contributed by atoms with van der Waals surface area (Å²) < 4.78 is 6.47. The summed E-state index contributed by atoms with van der Waals surface area (Å²) in [6.07, 6.45) is 2.17. The van der Waals surface area contributed by atoms with Crippen LogP contribution in [0.4, 0.5) is 0 Å². The van der Waals surface area contributed by atoms with E-state index < -0.39 is 0 Å². The molecule has 19 heavy (non-hydrogen) atoms. The maximum absolute atomic E-state index is 6.18. The number of hydrogen-bond donors (Lipinski definition) is 1. The normalized spacial score (nSPS) is 12.4. The number of ether oxygens (including phenoxy) is 1. The zero-order valence-corrected chi connectivity index (χ0v) is 12.8. The van der Waals surface area contributed by atoms with Crippen LogP contribution in [0.2, 0.25) is 8.67 Å². The molecule has 4 nitrogen and oxygen atoms in total. The number of hydrogen-bond acceptors (Lipinski definition) is 5. The second-order valence-corrected chi connectivity index (χ2v) is 6.16. The first-order valence-electron chi connectivity index (χ1n) is 5.61. The fraction of sp³-hybridized carbons (Fsp3) is 0.333. The minimum atomic E-state index is 0.0517. The zero-order chi connectivity index (χ0) is 13.8. The molecule has 0 aromatic carbocycles. The maximum atomic E-state index is 6.18. The van der Waals surface area contributed by atoms with Crippen molar-refractivity contribution in [2.24, 2.45) is 0 Å². The molecule has 102 valence electrons. The van der Waals surface area contributed by atoms with Gasteiger partial charge in [0.05, 0.1) is 15.8 Å². The van der Waals surface area contributed by atoms with Crippen LogP contribution in [0.25, 0.3) is 0 Å². The molecule has 2 rings (SSSR count). The average Bonchev–Trinajstić information content (AvgIpc) is 2.75. The summed E-state index contributed by atoms with van der Waals surface area (Å²) in [6, 6.07) is 3.75. The molecule has 0 radical (unpaired) electrons. The van der Waals surface area contributed by atoms with E-state index in [0.29, 0.717) is 21.0 Å². The highest BCUT2D eigenvalue weighted by Crippen LogP contribution is 2.35. The number of nitrogens with zero attached hydrogens (tertiary/aromatic N) is 2.